The minimum absolute atomic E-state index is 0.00357. The molecule has 0 fully saturated rings. The summed E-state index contributed by atoms with van der Waals surface area (Å²) >= 11 is 0. The number of aryl methyl sites for hydroxylation is 2. The Bertz CT molecular complexity index is 1660. The van der Waals surface area contributed by atoms with Crippen molar-refractivity contribution in [3.63, 3.8) is 0 Å². The lowest BCUT2D eigenvalue weighted by Crippen LogP contribution is -2.38. The SMILES string of the molecule is CCCCN(C(=O)c1cc(C(F)(F)F)cc(C(F)(F)F)c1)C(C)c1nc2ccccc2c(=O)n1-c1cc(C)ccc1C. The van der Waals surface area contributed by atoms with E-state index in [1.54, 1.807) is 44.2 Å². The van der Waals surface area contributed by atoms with E-state index in [4.69, 9.17) is 4.98 Å². The van der Waals surface area contributed by atoms with Crippen LogP contribution < -0.4 is 5.56 Å². The van der Waals surface area contributed by atoms with Crippen LogP contribution in [-0.4, -0.2) is 26.9 Å². The molecule has 42 heavy (non-hydrogen) atoms. The number of carbonyl (C=O) groups is 1. The standard InChI is InChI=1S/C31H29F6N3O2/c1-5-6-13-39(28(41)21-15-22(30(32,33)34)17-23(16-21)31(35,36)37)20(4)27-38-25-10-8-7-9-24(25)29(42)40(27)26-14-18(2)11-12-19(26)3/h7-12,14-17,20H,5-6,13H2,1-4H3. The Labute approximate surface area is 238 Å². The Morgan fingerprint density at radius 1 is 0.929 bits per heavy atom. The Hall–Kier alpha value is -4.15. The van der Waals surface area contributed by atoms with Gasteiger partial charge in [0.05, 0.1) is 33.8 Å². The zero-order valence-electron chi connectivity index (χ0n) is 23.4. The summed E-state index contributed by atoms with van der Waals surface area (Å²) in [5.41, 5.74) is -1.93. The van der Waals surface area contributed by atoms with E-state index in [9.17, 15) is 35.9 Å². The molecule has 0 aliphatic carbocycles. The number of halogens is 6. The number of benzene rings is 3. The minimum atomic E-state index is -5.11. The average molecular weight is 590 g/mol. The highest BCUT2D eigenvalue weighted by molar-refractivity contribution is 5.95. The summed E-state index contributed by atoms with van der Waals surface area (Å²) in [5.74, 6) is -0.914. The van der Waals surface area contributed by atoms with Crippen LogP contribution in [0.5, 0.6) is 0 Å². The van der Waals surface area contributed by atoms with Crippen LogP contribution >= 0.6 is 0 Å². The number of hydrogen-bond donors (Lipinski definition) is 0. The van der Waals surface area contributed by atoms with E-state index in [1.807, 2.05) is 26.0 Å². The van der Waals surface area contributed by atoms with Crippen LogP contribution in [0, 0.1) is 13.8 Å². The summed E-state index contributed by atoms with van der Waals surface area (Å²) in [7, 11) is 0. The number of hydrogen-bond acceptors (Lipinski definition) is 3. The van der Waals surface area contributed by atoms with E-state index in [0.29, 0.717) is 41.6 Å². The van der Waals surface area contributed by atoms with Gasteiger partial charge in [0.1, 0.15) is 5.82 Å². The molecule has 1 atom stereocenters. The molecule has 0 saturated carbocycles. The van der Waals surface area contributed by atoms with Crippen LogP contribution in [0.4, 0.5) is 26.3 Å². The molecule has 5 nitrogen and oxygen atoms in total. The fourth-order valence-corrected chi connectivity index (χ4v) is 4.81. The Morgan fingerprint density at radius 3 is 2.14 bits per heavy atom. The lowest BCUT2D eigenvalue weighted by Gasteiger charge is -2.31. The van der Waals surface area contributed by atoms with Crippen molar-refractivity contribution in [1.29, 1.82) is 0 Å². The molecule has 11 heteroatoms. The van der Waals surface area contributed by atoms with Gasteiger partial charge in [0.15, 0.2) is 0 Å². The van der Waals surface area contributed by atoms with Crippen molar-refractivity contribution < 1.29 is 31.1 Å². The van der Waals surface area contributed by atoms with E-state index in [0.717, 1.165) is 11.1 Å². The Balaban J connectivity index is 1.96. The van der Waals surface area contributed by atoms with Crippen molar-refractivity contribution in [1.82, 2.24) is 14.5 Å². The second kappa shape index (κ2) is 11.6. The third kappa shape index (κ3) is 6.19. The van der Waals surface area contributed by atoms with Crippen molar-refractivity contribution >= 4 is 16.8 Å². The van der Waals surface area contributed by atoms with Crippen molar-refractivity contribution in [3.8, 4) is 5.69 Å². The quantitative estimate of drug-likeness (QED) is 0.205. The molecule has 0 radical (unpaired) electrons. The highest BCUT2D eigenvalue weighted by Gasteiger charge is 2.38. The van der Waals surface area contributed by atoms with E-state index < -0.39 is 46.6 Å². The molecule has 4 rings (SSSR count). The largest absolute Gasteiger partial charge is 0.416 e. The van der Waals surface area contributed by atoms with E-state index in [2.05, 4.69) is 0 Å². The highest BCUT2D eigenvalue weighted by Crippen LogP contribution is 2.37. The number of alkyl halides is 6. The maximum Gasteiger partial charge on any atom is 0.416 e. The molecule has 0 N–H and O–H groups in total. The lowest BCUT2D eigenvalue weighted by atomic mass is 10.0. The van der Waals surface area contributed by atoms with Crippen LogP contribution in [-0.2, 0) is 12.4 Å². The third-order valence-corrected chi connectivity index (χ3v) is 7.10. The second-order valence-corrected chi connectivity index (χ2v) is 10.2. The Morgan fingerprint density at radius 2 is 1.55 bits per heavy atom. The number of unbranched alkanes of at least 4 members (excludes halogenated alkanes) is 1. The molecule has 0 saturated heterocycles. The lowest BCUT2D eigenvalue weighted by molar-refractivity contribution is -0.143. The van der Waals surface area contributed by atoms with Crippen LogP contribution in [0.1, 0.15) is 71.2 Å². The summed E-state index contributed by atoms with van der Waals surface area (Å²) in [6.07, 6.45) is -9.23. The summed E-state index contributed by atoms with van der Waals surface area (Å²) in [6.45, 7) is 7.04. The first kappa shape index (κ1) is 30.8. The second-order valence-electron chi connectivity index (χ2n) is 10.2. The smallest absolute Gasteiger partial charge is 0.329 e. The van der Waals surface area contributed by atoms with Crippen LogP contribution in [0.2, 0.25) is 0 Å². The summed E-state index contributed by atoms with van der Waals surface area (Å²) in [5, 5.41) is 0.313. The fraction of sp³-hybridized carbons (Fsp3) is 0.323. The van der Waals surface area contributed by atoms with Crippen LogP contribution in [0.25, 0.3) is 16.6 Å². The van der Waals surface area contributed by atoms with Crippen LogP contribution in [0.3, 0.4) is 0 Å². The van der Waals surface area contributed by atoms with Gasteiger partial charge in [-0.3, -0.25) is 14.2 Å². The number of para-hydroxylation sites is 1. The highest BCUT2D eigenvalue weighted by atomic mass is 19.4. The zero-order chi connectivity index (χ0) is 31.0. The molecule has 0 aliphatic rings. The number of fused-ring (bicyclic) bond motifs is 1. The monoisotopic (exact) mass is 589 g/mol. The van der Waals surface area contributed by atoms with Gasteiger partial charge in [-0.25, -0.2) is 4.98 Å². The number of nitrogens with zero attached hydrogens (tertiary/aromatic N) is 3. The first-order valence-corrected chi connectivity index (χ1v) is 13.3. The maximum atomic E-state index is 13.9. The van der Waals surface area contributed by atoms with E-state index in [-0.39, 0.29) is 18.4 Å². The van der Waals surface area contributed by atoms with Gasteiger partial charge in [-0.05, 0) is 74.7 Å². The van der Waals surface area contributed by atoms with Crippen molar-refractivity contribution in [2.45, 2.75) is 58.9 Å². The van der Waals surface area contributed by atoms with Crippen molar-refractivity contribution in [2.24, 2.45) is 0 Å². The molecule has 222 valence electrons. The predicted octanol–water partition coefficient (Wildman–Crippen LogP) is 8.04. The third-order valence-electron chi connectivity index (χ3n) is 7.10. The maximum absolute atomic E-state index is 13.9. The first-order valence-electron chi connectivity index (χ1n) is 13.3. The molecular formula is C31H29F6N3O2. The number of carbonyl (C=O) groups excluding carboxylic acids is 1. The average Bonchev–Trinajstić information content (AvgIpc) is 2.93. The van der Waals surface area contributed by atoms with Gasteiger partial charge in [-0.15, -0.1) is 0 Å². The summed E-state index contributed by atoms with van der Waals surface area (Å²) in [4.78, 5) is 33.6. The van der Waals surface area contributed by atoms with Gasteiger partial charge in [-0.2, -0.15) is 26.3 Å². The molecule has 1 aromatic heterocycles. The molecule has 0 bridgehead atoms. The molecule has 0 aliphatic heterocycles. The van der Waals surface area contributed by atoms with E-state index in [1.165, 1.54) is 9.47 Å². The van der Waals surface area contributed by atoms with Gasteiger partial charge in [-0.1, -0.05) is 37.6 Å². The minimum Gasteiger partial charge on any atom is -0.329 e. The summed E-state index contributed by atoms with van der Waals surface area (Å²) in [6, 6.07) is 11.9. The van der Waals surface area contributed by atoms with Crippen LogP contribution in [0.15, 0.2) is 65.5 Å². The van der Waals surface area contributed by atoms with Gasteiger partial charge < -0.3 is 4.90 Å². The molecule has 0 spiro atoms. The van der Waals surface area contributed by atoms with Gasteiger partial charge >= 0.3 is 12.4 Å². The van der Waals surface area contributed by atoms with Gasteiger partial charge in [0, 0.05) is 12.1 Å². The molecule has 1 amide bonds. The predicted molar refractivity (Wildman–Crippen MR) is 148 cm³/mol. The van der Waals surface area contributed by atoms with Gasteiger partial charge in [0.25, 0.3) is 11.5 Å². The number of aromatic nitrogens is 2. The van der Waals surface area contributed by atoms with Crippen molar-refractivity contribution in [2.75, 3.05) is 6.54 Å². The molecule has 4 aromatic rings. The topological polar surface area (TPSA) is 55.2 Å². The first-order chi connectivity index (χ1) is 19.6. The Kier molecular flexibility index (Phi) is 8.52. The number of rotatable bonds is 7. The van der Waals surface area contributed by atoms with Crippen molar-refractivity contribution in [3.05, 3.63) is 105 Å². The van der Waals surface area contributed by atoms with Gasteiger partial charge in [0.2, 0.25) is 0 Å². The fourth-order valence-electron chi connectivity index (χ4n) is 4.81. The molecule has 1 unspecified atom stereocenters. The molecule has 1 heterocycles. The molecule has 3 aromatic carbocycles. The summed E-state index contributed by atoms with van der Waals surface area (Å²) < 4.78 is 82.9. The zero-order valence-corrected chi connectivity index (χ0v) is 23.4. The normalized spacial score (nSPS) is 12.9. The number of amides is 1. The molecular weight excluding hydrogens is 560 g/mol. The van der Waals surface area contributed by atoms with E-state index >= 15 is 0 Å².